The third kappa shape index (κ3) is 7.91. The van der Waals surface area contributed by atoms with Crippen LogP contribution in [0.5, 0.6) is 11.5 Å². The van der Waals surface area contributed by atoms with Gasteiger partial charge in [0.25, 0.3) is 0 Å². The summed E-state index contributed by atoms with van der Waals surface area (Å²) in [7, 11) is 1.52. The molecule has 248 valence electrons. The number of methoxy groups -OCH3 is 1. The topological polar surface area (TPSA) is 57.9 Å². The van der Waals surface area contributed by atoms with Crippen LogP contribution in [0.4, 0.5) is 35.1 Å². The second kappa shape index (κ2) is 14.1. The number of hydrogen-bond acceptors (Lipinski definition) is 5. The quantitative estimate of drug-likeness (QED) is 0.0630. The second-order valence-electron chi connectivity index (χ2n) is 10.6. The van der Waals surface area contributed by atoms with Crippen molar-refractivity contribution in [2.24, 2.45) is 0 Å². The lowest BCUT2D eigenvalue weighted by molar-refractivity contribution is -0.368. The molecule has 0 atom stereocenters. The highest BCUT2D eigenvalue weighted by Crippen LogP contribution is 2.54. The van der Waals surface area contributed by atoms with E-state index >= 15 is 0 Å². The highest BCUT2D eigenvalue weighted by molar-refractivity contribution is 5.87. The molecule has 0 fully saturated rings. The Morgan fingerprint density at radius 3 is 2.11 bits per heavy atom. The highest BCUT2D eigenvalue weighted by Gasteiger charge is 2.79. The Morgan fingerprint density at radius 1 is 0.867 bits per heavy atom. The van der Waals surface area contributed by atoms with E-state index in [1.54, 1.807) is 6.07 Å². The Hall–Kier alpha value is -3.77. The van der Waals surface area contributed by atoms with Crippen molar-refractivity contribution in [3.05, 3.63) is 60.2 Å². The normalized spacial score (nSPS) is 12.8. The smallest absolute Gasteiger partial charge is 0.378 e. The van der Waals surface area contributed by atoms with Gasteiger partial charge in [-0.15, -0.1) is 0 Å². The molecule has 1 heterocycles. The summed E-state index contributed by atoms with van der Waals surface area (Å²) in [6.07, 6.45) is -0.0533. The third-order valence-electron chi connectivity index (χ3n) is 7.09. The average Bonchev–Trinajstić information content (AvgIpc) is 3.40. The summed E-state index contributed by atoms with van der Waals surface area (Å²) in [5.41, 5.74) is 1.71. The fourth-order valence-electron chi connectivity index (χ4n) is 4.37. The Morgan fingerprint density at radius 2 is 1.51 bits per heavy atom. The summed E-state index contributed by atoms with van der Waals surface area (Å²) >= 11 is 0. The zero-order valence-corrected chi connectivity index (χ0v) is 25.0. The van der Waals surface area contributed by atoms with Crippen LogP contribution in [0, 0.1) is 0 Å². The fourth-order valence-corrected chi connectivity index (χ4v) is 4.37. The molecule has 2 aromatic carbocycles. The Kier molecular flexibility index (Phi) is 11.2. The molecule has 0 unspecified atom stereocenters. The Labute approximate surface area is 255 Å². The molecule has 1 aromatic heterocycles. The van der Waals surface area contributed by atoms with Crippen LogP contribution in [0.3, 0.4) is 0 Å². The van der Waals surface area contributed by atoms with Gasteiger partial charge in [-0.05, 0) is 55.7 Å². The van der Waals surface area contributed by atoms with Crippen molar-refractivity contribution in [1.82, 2.24) is 0 Å². The molecule has 0 saturated heterocycles. The maximum absolute atomic E-state index is 14.3. The number of carbonyl (C=O) groups is 1. The number of furan rings is 1. The number of aryl methyl sites for hydroxylation is 1. The molecule has 0 saturated carbocycles. The van der Waals surface area contributed by atoms with Gasteiger partial charge in [-0.1, -0.05) is 32.4 Å². The summed E-state index contributed by atoms with van der Waals surface area (Å²) in [6, 6.07) is 11.5. The number of rotatable bonds is 17. The predicted octanol–water partition coefficient (Wildman–Crippen LogP) is 9.66. The number of benzene rings is 2. The standard InChI is InChI=1S/C32H34F8O5/c1-5-6-7-8-21-9-12-24(26(17-21)42-4)27-18-22-10-11-23(19-25(22)45-27)43-15-13-29(33,34)31(37,38)32(39,40)30(35,36)14-16-44-28(41)20(2)3/h9-12,17-19H,2,5-8,13-16H2,1,3-4H3. The molecule has 0 aliphatic carbocycles. The maximum atomic E-state index is 14.3. The van der Waals surface area contributed by atoms with Crippen molar-refractivity contribution >= 4 is 16.9 Å². The SMILES string of the molecule is C=C(C)C(=O)OCCC(F)(F)C(F)(F)C(F)(F)C(F)(F)CCOc1ccc2cc(-c3ccc(CCCCC)cc3OC)oc2c1. The minimum Gasteiger partial charge on any atom is -0.496 e. The zero-order chi connectivity index (χ0) is 33.6. The molecule has 45 heavy (non-hydrogen) atoms. The van der Waals surface area contributed by atoms with Crippen molar-refractivity contribution in [3.63, 3.8) is 0 Å². The first-order valence-electron chi connectivity index (χ1n) is 14.1. The van der Waals surface area contributed by atoms with E-state index in [0.717, 1.165) is 38.2 Å². The number of fused-ring (bicyclic) bond motifs is 1. The lowest BCUT2D eigenvalue weighted by Gasteiger charge is -2.36. The maximum Gasteiger partial charge on any atom is 0.378 e. The Balaban J connectivity index is 1.68. The first-order valence-corrected chi connectivity index (χ1v) is 14.1. The summed E-state index contributed by atoms with van der Waals surface area (Å²) in [5.74, 6) is -24.6. The van der Waals surface area contributed by atoms with Crippen molar-refractivity contribution in [3.8, 4) is 22.8 Å². The van der Waals surface area contributed by atoms with E-state index < -0.39 is 55.7 Å². The summed E-state index contributed by atoms with van der Waals surface area (Å²) in [5, 5.41) is 0.582. The van der Waals surface area contributed by atoms with Gasteiger partial charge in [-0.2, -0.15) is 35.1 Å². The van der Waals surface area contributed by atoms with Crippen LogP contribution >= 0.6 is 0 Å². The molecule has 13 heteroatoms. The van der Waals surface area contributed by atoms with E-state index in [0.29, 0.717) is 22.5 Å². The summed E-state index contributed by atoms with van der Waals surface area (Å²) in [6.45, 7) is 3.74. The van der Waals surface area contributed by atoms with E-state index in [2.05, 4.69) is 18.2 Å². The molecule has 0 spiro atoms. The van der Waals surface area contributed by atoms with Crippen LogP contribution in [-0.4, -0.2) is 50.0 Å². The van der Waals surface area contributed by atoms with Gasteiger partial charge in [0.15, 0.2) is 0 Å². The first kappa shape index (κ1) is 35.7. The molecule has 0 amide bonds. The monoisotopic (exact) mass is 650 g/mol. The van der Waals surface area contributed by atoms with Gasteiger partial charge in [0.05, 0.1) is 38.7 Å². The first-order chi connectivity index (χ1) is 21.0. The van der Waals surface area contributed by atoms with E-state index in [1.807, 2.05) is 18.2 Å². The number of carbonyl (C=O) groups excluding carboxylic acids is 1. The number of hydrogen-bond donors (Lipinski definition) is 0. The molecule has 0 aliphatic heterocycles. The van der Waals surface area contributed by atoms with E-state index in [1.165, 1.54) is 25.3 Å². The molecular weight excluding hydrogens is 616 g/mol. The lowest BCUT2D eigenvalue weighted by Crippen LogP contribution is -2.62. The van der Waals surface area contributed by atoms with Crippen molar-refractivity contribution in [1.29, 1.82) is 0 Å². The average molecular weight is 651 g/mol. The van der Waals surface area contributed by atoms with Crippen molar-refractivity contribution in [2.45, 2.75) is 76.1 Å². The highest BCUT2D eigenvalue weighted by atomic mass is 19.4. The van der Waals surface area contributed by atoms with Crippen LogP contribution in [0.1, 0.15) is 51.5 Å². The molecule has 0 bridgehead atoms. The van der Waals surface area contributed by atoms with Crippen LogP contribution < -0.4 is 9.47 Å². The fraction of sp³-hybridized carbons (Fsp3) is 0.469. The molecule has 3 aromatic rings. The van der Waals surface area contributed by atoms with Gasteiger partial charge in [-0.25, -0.2) is 4.79 Å². The van der Waals surface area contributed by atoms with E-state index in [-0.39, 0.29) is 16.9 Å². The largest absolute Gasteiger partial charge is 0.496 e. The molecule has 3 rings (SSSR count). The summed E-state index contributed by atoms with van der Waals surface area (Å²) in [4.78, 5) is 11.2. The summed E-state index contributed by atoms with van der Waals surface area (Å²) < 4.78 is 134. The predicted molar refractivity (Wildman–Crippen MR) is 152 cm³/mol. The molecule has 5 nitrogen and oxygen atoms in total. The van der Waals surface area contributed by atoms with Crippen LogP contribution in [-0.2, 0) is 16.0 Å². The van der Waals surface area contributed by atoms with Gasteiger partial charge in [0.1, 0.15) is 22.8 Å². The van der Waals surface area contributed by atoms with Crippen molar-refractivity contribution < 1.29 is 58.5 Å². The van der Waals surface area contributed by atoms with Gasteiger partial charge in [-0.3, -0.25) is 0 Å². The number of unbranched alkanes of at least 4 members (excludes halogenated alkanes) is 2. The van der Waals surface area contributed by atoms with E-state index in [4.69, 9.17) is 13.9 Å². The van der Waals surface area contributed by atoms with Gasteiger partial charge in [0.2, 0.25) is 0 Å². The second-order valence-corrected chi connectivity index (χ2v) is 10.6. The lowest BCUT2D eigenvalue weighted by atomic mass is 9.95. The van der Waals surface area contributed by atoms with Gasteiger partial charge in [0, 0.05) is 17.0 Å². The number of alkyl halides is 8. The van der Waals surface area contributed by atoms with E-state index in [9.17, 15) is 39.9 Å². The molecule has 0 radical (unpaired) electrons. The van der Waals surface area contributed by atoms with Crippen LogP contribution in [0.2, 0.25) is 0 Å². The number of ether oxygens (including phenoxy) is 3. The van der Waals surface area contributed by atoms with Gasteiger partial charge >= 0.3 is 29.7 Å². The number of halogens is 8. The van der Waals surface area contributed by atoms with Crippen molar-refractivity contribution in [2.75, 3.05) is 20.3 Å². The minimum atomic E-state index is -6.49. The molecular formula is C32H34F8O5. The third-order valence-corrected chi connectivity index (χ3v) is 7.09. The molecule has 0 N–H and O–H groups in total. The zero-order valence-electron chi connectivity index (χ0n) is 25.0. The van der Waals surface area contributed by atoms with Crippen LogP contribution in [0.15, 0.2) is 59.0 Å². The van der Waals surface area contributed by atoms with Crippen LogP contribution in [0.25, 0.3) is 22.3 Å². The minimum absolute atomic E-state index is 0.114. The molecule has 0 aliphatic rings. The Bertz CT molecular complexity index is 1480. The number of esters is 1. The van der Waals surface area contributed by atoms with Gasteiger partial charge < -0.3 is 18.6 Å².